The minimum absolute atomic E-state index is 0.00403. The molecule has 0 saturated carbocycles. The molecule has 0 fully saturated rings. The van der Waals surface area contributed by atoms with Crippen molar-refractivity contribution < 1.29 is 22.4 Å². The molecule has 130 valence electrons. The Morgan fingerprint density at radius 2 is 2.08 bits per heavy atom. The van der Waals surface area contributed by atoms with Crippen LogP contribution in [0.5, 0.6) is 0 Å². The molecule has 0 spiro atoms. The lowest BCUT2D eigenvalue weighted by Crippen LogP contribution is -2.28. The molecular weight excluding hydrogens is 330 g/mol. The first-order valence-electron chi connectivity index (χ1n) is 7.68. The van der Waals surface area contributed by atoms with Gasteiger partial charge >= 0.3 is 0 Å². The van der Waals surface area contributed by atoms with E-state index in [2.05, 4.69) is 10.3 Å². The van der Waals surface area contributed by atoms with Crippen LogP contribution in [0, 0.1) is 18.6 Å². The van der Waals surface area contributed by atoms with Gasteiger partial charge in [-0.25, -0.2) is 13.8 Å². The number of furan rings is 1. The second kappa shape index (κ2) is 6.88. The number of carbonyl (C=O) groups is 1. The van der Waals surface area contributed by atoms with Crippen LogP contribution >= 0.6 is 0 Å². The molecule has 0 saturated heterocycles. The molecule has 0 radical (unpaired) electrons. The molecule has 0 aliphatic carbocycles. The number of halogens is 2. The van der Waals surface area contributed by atoms with Gasteiger partial charge in [0.05, 0.1) is 24.4 Å². The lowest BCUT2D eigenvalue weighted by atomic mass is 10.1. The van der Waals surface area contributed by atoms with Crippen molar-refractivity contribution in [1.82, 2.24) is 10.3 Å². The van der Waals surface area contributed by atoms with Gasteiger partial charge in [0.15, 0.2) is 17.4 Å². The number of carbonyl (C=O) groups excluding carboxylic acids is 1. The van der Waals surface area contributed by atoms with Gasteiger partial charge in [0.2, 0.25) is 5.91 Å². The van der Waals surface area contributed by atoms with Crippen molar-refractivity contribution in [3.63, 3.8) is 0 Å². The molecule has 2 heterocycles. The van der Waals surface area contributed by atoms with Crippen LogP contribution in [0.3, 0.4) is 0 Å². The summed E-state index contributed by atoms with van der Waals surface area (Å²) in [5.41, 5.74) is 0.960. The lowest BCUT2D eigenvalue weighted by Gasteiger charge is -2.14. The Morgan fingerprint density at radius 1 is 1.28 bits per heavy atom. The molecule has 3 aromatic rings. The number of oxazole rings is 1. The maximum atomic E-state index is 13.3. The number of hydrogen-bond donors (Lipinski definition) is 1. The predicted molar refractivity (Wildman–Crippen MR) is 85.6 cm³/mol. The van der Waals surface area contributed by atoms with Gasteiger partial charge in [-0.2, -0.15) is 0 Å². The zero-order valence-electron chi connectivity index (χ0n) is 13.7. The Hall–Kier alpha value is -2.96. The summed E-state index contributed by atoms with van der Waals surface area (Å²) in [6.07, 6.45) is 1.51. The van der Waals surface area contributed by atoms with Crippen LogP contribution in [0.25, 0.3) is 11.7 Å². The average molecular weight is 346 g/mol. The maximum absolute atomic E-state index is 13.3. The molecule has 0 unspecified atom stereocenters. The van der Waals surface area contributed by atoms with Crippen LogP contribution in [-0.2, 0) is 11.2 Å². The molecule has 25 heavy (non-hydrogen) atoms. The number of aryl methyl sites for hydroxylation is 1. The Balaban J connectivity index is 1.67. The molecular formula is C18H16F2N2O3. The number of hydrogen-bond acceptors (Lipinski definition) is 4. The van der Waals surface area contributed by atoms with E-state index in [0.29, 0.717) is 28.7 Å². The van der Waals surface area contributed by atoms with E-state index in [4.69, 9.17) is 8.83 Å². The number of rotatable bonds is 5. The van der Waals surface area contributed by atoms with Crippen LogP contribution in [0.15, 0.2) is 45.4 Å². The topological polar surface area (TPSA) is 68.3 Å². The summed E-state index contributed by atoms with van der Waals surface area (Å²) in [5.74, 6) is -0.884. The van der Waals surface area contributed by atoms with Gasteiger partial charge in [0.1, 0.15) is 5.76 Å². The maximum Gasteiger partial charge on any atom is 0.263 e. The van der Waals surface area contributed by atoms with Crippen molar-refractivity contribution >= 4 is 5.91 Å². The van der Waals surface area contributed by atoms with Gasteiger partial charge < -0.3 is 14.2 Å². The highest BCUT2D eigenvalue weighted by Gasteiger charge is 2.18. The van der Waals surface area contributed by atoms with E-state index in [-0.39, 0.29) is 12.3 Å². The Labute approximate surface area is 142 Å². The first-order valence-corrected chi connectivity index (χ1v) is 7.68. The van der Waals surface area contributed by atoms with Crippen molar-refractivity contribution in [3.05, 3.63) is 65.2 Å². The summed E-state index contributed by atoms with van der Waals surface area (Å²) >= 11 is 0. The van der Waals surface area contributed by atoms with Crippen molar-refractivity contribution in [2.75, 3.05) is 0 Å². The fraction of sp³-hybridized carbons (Fsp3) is 0.222. The third kappa shape index (κ3) is 3.76. The van der Waals surface area contributed by atoms with Crippen LogP contribution < -0.4 is 5.32 Å². The van der Waals surface area contributed by atoms with Crippen molar-refractivity contribution in [2.24, 2.45) is 0 Å². The second-order valence-electron chi connectivity index (χ2n) is 5.64. The van der Waals surface area contributed by atoms with Gasteiger partial charge in [0.25, 0.3) is 5.89 Å². The van der Waals surface area contributed by atoms with E-state index in [1.165, 1.54) is 12.3 Å². The Bertz CT molecular complexity index is 888. The van der Waals surface area contributed by atoms with Crippen molar-refractivity contribution in [3.8, 4) is 11.7 Å². The van der Waals surface area contributed by atoms with Crippen LogP contribution in [0.2, 0.25) is 0 Å². The molecule has 5 nitrogen and oxygen atoms in total. The first-order chi connectivity index (χ1) is 11.9. The molecule has 1 amide bonds. The number of nitrogens with one attached hydrogen (secondary N) is 1. The van der Waals surface area contributed by atoms with Crippen molar-refractivity contribution in [2.45, 2.75) is 26.3 Å². The van der Waals surface area contributed by atoms with Gasteiger partial charge in [-0.05, 0) is 43.7 Å². The Kier molecular flexibility index (Phi) is 4.65. The Morgan fingerprint density at radius 3 is 2.76 bits per heavy atom. The molecule has 2 aromatic heterocycles. The highest BCUT2D eigenvalue weighted by atomic mass is 19.2. The molecule has 1 N–H and O–H groups in total. The quantitative estimate of drug-likeness (QED) is 0.760. The van der Waals surface area contributed by atoms with E-state index in [0.717, 1.165) is 12.1 Å². The number of amides is 1. The van der Waals surface area contributed by atoms with Crippen LogP contribution in [-0.4, -0.2) is 10.9 Å². The molecule has 1 aromatic carbocycles. The highest BCUT2D eigenvalue weighted by molar-refractivity contribution is 5.78. The number of benzene rings is 1. The largest absolute Gasteiger partial charge is 0.459 e. The average Bonchev–Trinajstić information content (AvgIpc) is 3.20. The van der Waals surface area contributed by atoms with E-state index < -0.39 is 17.7 Å². The fourth-order valence-electron chi connectivity index (χ4n) is 2.41. The molecule has 0 aliphatic heterocycles. The normalized spacial score (nSPS) is 12.2. The smallest absolute Gasteiger partial charge is 0.263 e. The third-order valence-corrected chi connectivity index (χ3v) is 3.77. The first kappa shape index (κ1) is 16.9. The predicted octanol–water partition coefficient (Wildman–Crippen LogP) is 3.94. The standard InChI is InChI=1S/C18H16F2N2O3/c1-10(12-5-6-13(19)14(20)8-12)21-17(23)9-15-11(2)25-18(22-15)16-4-3-7-24-16/h3-8,10H,9H2,1-2H3,(H,21,23)/t10-/m1/s1. The lowest BCUT2D eigenvalue weighted by molar-refractivity contribution is -0.121. The minimum Gasteiger partial charge on any atom is -0.459 e. The molecule has 0 bridgehead atoms. The zero-order valence-corrected chi connectivity index (χ0v) is 13.7. The van der Waals surface area contributed by atoms with Crippen LogP contribution in [0.4, 0.5) is 8.78 Å². The van der Waals surface area contributed by atoms with Gasteiger partial charge in [-0.15, -0.1) is 0 Å². The summed E-state index contributed by atoms with van der Waals surface area (Å²) in [6.45, 7) is 3.40. The molecule has 7 heteroatoms. The summed E-state index contributed by atoms with van der Waals surface area (Å²) in [6, 6.07) is 6.48. The zero-order chi connectivity index (χ0) is 18.0. The monoisotopic (exact) mass is 346 g/mol. The van der Waals surface area contributed by atoms with E-state index in [1.54, 1.807) is 26.0 Å². The van der Waals surface area contributed by atoms with Crippen LogP contribution in [0.1, 0.15) is 30.0 Å². The van der Waals surface area contributed by atoms with E-state index in [9.17, 15) is 13.6 Å². The second-order valence-corrected chi connectivity index (χ2v) is 5.64. The van der Waals surface area contributed by atoms with Gasteiger partial charge in [-0.1, -0.05) is 6.07 Å². The SMILES string of the molecule is Cc1oc(-c2ccco2)nc1CC(=O)N[C@H](C)c1ccc(F)c(F)c1. The summed E-state index contributed by atoms with van der Waals surface area (Å²) < 4.78 is 37.0. The molecule has 3 rings (SSSR count). The summed E-state index contributed by atoms with van der Waals surface area (Å²) in [7, 11) is 0. The summed E-state index contributed by atoms with van der Waals surface area (Å²) in [4.78, 5) is 16.5. The summed E-state index contributed by atoms with van der Waals surface area (Å²) in [5, 5.41) is 2.73. The van der Waals surface area contributed by atoms with E-state index in [1.807, 2.05) is 0 Å². The highest BCUT2D eigenvalue weighted by Crippen LogP contribution is 2.22. The minimum atomic E-state index is -0.950. The third-order valence-electron chi connectivity index (χ3n) is 3.77. The van der Waals surface area contributed by atoms with E-state index >= 15 is 0 Å². The van der Waals surface area contributed by atoms with Gasteiger partial charge in [0, 0.05) is 0 Å². The fourth-order valence-corrected chi connectivity index (χ4v) is 2.41. The molecule has 1 atom stereocenters. The number of nitrogens with zero attached hydrogens (tertiary/aromatic N) is 1. The molecule has 0 aliphatic rings. The van der Waals surface area contributed by atoms with Gasteiger partial charge in [-0.3, -0.25) is 4.79 Å². The van der Waals surface area contributed by atoms with Crippen molar-refractivity contribution in [1.29, 1.82) is 0 Å². The number of aromatic nitrogens is 1.